The molecule has 0 spiro atoms. The van der Waals surface area contributed by atoms with Gasteiger partial charge in [-0.2, -0.15) is 5.26 Å². The molecule has 0 aliphatic rings. The minimum absolute atomic E-state index is 0.0369. The third-order valence-electron chi connectivity index (χ3n) is 2.21. The summed E-state index contributed by atoms with van der Waals surface area (Å²) in [7, 11) is -3.48. The SMILES string of the molecule is CCCS(=O)(=O)Nc1cc(C#N)cc(F)c1C. The van der Waals surface area contributed by atoms with Crippen LogP contribution in [0.15, 0.2) is 12.1 Å². The second-order valence-corrected chi connectivity index (χ2v) is 5.51. The molecule has 0 aliphatic heterocycles. The van der Waals surface area contributed by atoms with E-state index in [9.17, 15) is 12.8 Å². The van der Waals surface area contributed by atoms with Crippen molar-refractivity contribution in [2.24, 2.45) is 0 Å². The van der Waals surface area contributed by atoms with Crippen molar-refractivity contribution < 1.29 is 12.8 Å². The number of benzene rings is 1. The smallest absolute Gasteiger partial charge is 0.232 e. The highest BCUT2D eigenvalue weighted by Crippen LogP contribution is 2.21. The second-order valence-electron chi connectivity index (χ2n) is 3.66. The van der Waals surface area contributed by atoms with Crippen LogP contribution in [0.3, 0.4) is 0 Å². The first-order valence-corrected chi connectivity index (χ1v) is 6.75. The minimum Gasteiger partial charge on any atom is -0.283 e. The van der Waals surface area contributed by atoms with Crippen LogP contribution >= 0.6 is 0 Å². The van der Waals surface area contributed by atoms with Crippen LogP contribution in [0, 0.1) is 24.1 Å². The van der Waals surface area contributed by atoms with Gasteiger partial charge in [0.25, 0.3) is 0 Å². The Bertz CT molecular complexity index is 562. The van der Waals surface area contributed by atoms with E-state index in [0.717, 1.165) is 6.07 Å². The molecular weight excluding hydrogens is 243 g/mol. The normalized spacial score (nSPS) is 10.9. The Morgan fingerprint density at radius 2 is 2.12 bits per heavy atom. The molecule has 1 rings (SSSR count). The lowest BCUT2D eigenvalue weighted by molar-refractivity contribution is 0.599. The van der Waals surface area contributed by atoms with Crippen molar-refractivity contribution >= 4 is 15.7 Å². The molecule has 6 heteroatoms. The summed E-state index contributed by atoms with van der Waals surface area (Å²) in [5.41, 5.74) is 0.390. The monoisotopic (exact) mass is 256 g/mol. The summed E-state index contributed by atoms with van der Waals surface area (Å²) < 4.78 is 38.8. The molecule has 0 bridgehead atoms. The maximum atomic E-state index is 13.4. The molecule has 0 aliphatic carbocycles. The Morgan fingerprint density at radius 1 is 1.47 bits per heavy atom. The average molecular weight is 256 g/mol. The molecule has 1 aromatic carbocycles. The summed E-state index contributed by atoms with van der Waals surface area (Å²) in [6.45, 7) is 3.19. The van der Waals surface area contributed by atoms with E-state index in [1.807, 2.05) is 0 Å². The molecule has 4 nitrogen and oxygen atoms in total. The minimum atomic E-state index is -3.48. The van der Waals surface area contributed by atoms with E-state index in [1.165, 1.54) is 13.0 Å². The summed E-state index contributed by atoms with van der Waals surface area (Å²) in [4.78, 5) is 0. The zero-order valence-electron chi connectivity index (χ0n) is 9.62. The van der Waals surface area contributed by atoms with Crippen molar-refractivity contribution in [2.75, 3.05) is 10.5 Å². The highest BCUT2D eigenvalue weighted by atomic mass is 32.2. The van der Waals surface area contributed by atoms with Gasteiger partial charge in [-0.1, -0.05) is 6.92 Å². The molecule has 92 valence electrons. The van der Waals surface area contributed by atoms with Crippen LogP contribution < -0.4 is 4.72 Å². The van der Waals surface area contributed by atoms with Crippen LogP contribution in [-0.2, 0) is 10.0 Å². The van der Waals surface area contributed by atoms with Gasteiger partial charge in [0, 0.05) is 5.56 Å². The van der Waals surface area contributed by atoms with E-state index in [-0.39, 0.29) is 22.6 Å². The van der Waals surface area contributed by atoms with E-state index in [2.05, 4.69) is 4.72 Å². The Morgan fingerprint density at radius 3 is 2.65 bits per heavy atom. The van der Waals surface area contributed by atoms with E-state index in [4.69, 9.17) is 5.26 Å². The molecule has 0 amide bonds. The lowest BCUT2D eigenvalue weighted by atomic mass is 10.1. The predicted molar refractivity (Wildman–Crippen MR) is 63.6 cm³/mol. The summed E-state index contributed by atoms with van der Waals surface area (Å²) in [5, 5.41) is 8.69. The van der Waals surface area contributed by atoms with Crippen molar-refractivity contribution in [3.8, 4) is 6.07 Å². The Balaban J connectivity index is 3.16. The number of anilines is 1. The fraction of sp³-hybridized carbons (Fsp3) is 0.364. The third-order valence-corrected chi connectivity index (χ3v) is 3.69. The maximum Gasteiger partial charge on any atom is 0.232 e. The molecule has 0 atom stereocenters. The van der Waals surface area contributed by atoms with Gasteiger partial charge in [0.1, 0.15) is 5.82 Å². The number of hydrogen-bond acceptors (Lipinski definition) is 3. The Kier molecular flexibility index (Phi) is 4.07. The van der Waals surface area contributed by atoms with Crippen molar-refractivity contribution in [1.29, 1.82) is 5.26 Å². The van der Waals surface area contributed by atoms with Gasteiger partial charge in [-0.05, 0) is 25.5 Å². The number of nitriles is 1. The quantitative estimate of drug-likeness (QED) is 0.897. The van der Waals surface area contributed by atoms with Gasteiger partial charge in [0.05, 0.1) is 23.1 Å². The average Bonchev–Trinajstić information content (AvgIpc) is 2.23. The van der Waals surface area contributed by atoms with Crippen LogP contribution in [0.5, 0.6) is 0 Å². The molecular formula is C11H13FN2O2S. The number of sulfonamides is 1. The summed E-state index contributed by atoms with van der Waals surface area (Å²) in [6, 6.07) is 4.18. The van der Waals surface area contributed by atoms with E-state index in [0.29, 0.717) is 6.42 Å². The number of nitrogens with one attached hydrogen (secondary N) is 1. The highest BCUT2D eigenvalue weighted by molar-refractivity contribution is 7.92. The largest absolute Gasteiger partial charge is 0.283 e. The molecule has 0 aromatic heterocycles. The summed E-state index contributed by atoms with van der Waals surface area (Å²) >= 11 is 0. The first-order chi connectivity index (χ1) is 7.89. The van der Waals surface area contributed by atoms with Crippen molar-refractivity contribution in [1.82, 2.24) is 0 Å². The van der Waals surface area contributed by atoms with Gasteiger partial charge < -0.3 is 0 Å². The zero-order valence-corrected chi connectivity index (χ0v) is 10.4. The Hall–Kier alpha value is -1.61. The Labute approximate surface area is 100 Å². The first kappa shape index (κ1) is 13.5. The molecule has 0 heterocycles. The molecule has 0 radical (unpaired) electrons. The summed E-state index contributed by atoms with van der Waals surface area (Å²) in [5.74, 6) is -0.636. The molecule has 0 fully saturated rings. The fourth-order valence-electron chi connectivity index (χ4n) is 1.34. The molecule has 0 unspecified atom stereocenters. The molecule has 0 saturated heterocycles. The van der Waals surface area contributed by atoms with Gasteiger partial charge in [0.15, 0.2) is 0 Å². The first-order valence-electron chi connectivity index (χ1n) is 5.10. The second kappa shape index (κ2) is 5.15. The van der Waals surface area contributed by atoms with Gasteiger partial charge in [-0.15, -0.1) is 0 Å². The number of halogens is 1. The highest BCUT2D eigenvalue weighted by Gasteiger charge is 2.13. The van der Waals surface area contributed by atoms with Crippen LogP contribution in [0.2, 0.25) is 0 Å². The predicted octanol–water partition coefficient (Wildman–Crippen LogP) is 2.16. The van der Waals surface area contributed by atoms with Gasteiger partial charge in [0.2, 0.25) is 10.0 Å². The zero-order chi connectivity index (χ0) is 13.1. The van der Waals surface area contributed by atoms with E-state index >= 15 is 0 Å². The molecule has 0 saturated carbocycles. The topological polar surface area (TPSA) is 70.0 Å². The van der Waals surface area contributed by atoms with Crippen LogP contribution in [0.4, 0.5) is 10.1 Å². The lowest BCUT2D eigenvalue weighted by Crippen LogP contribution is -2.17. The number of rotatable bonds is 4. The van der Waals surface area contributed by atoms with Crippen LogP contribution in [0.1, 0.15) is 24.5 Å². The van der Waals surface area contributed by atoms with Gasteiger partial charge in [-0.3, -0.25) is 4.72 Å². The third kappa shape index (κ3) is 3.43. The molecule has 1 aromatic rings. The van der Waals surface area contributed by atoms with Crippen LogP contribution in [0.25, 0.3) is 0 Å². The number of hydrogen-bond donors (Lipinski definition) is 1. The summed E-state index contributed by atoms with van der Waals surface area (Å²) in [6.07, 6.45) is 0.467. The van der Waals surface area contributed by atoms with Crippen molar-refractivity contribution in [3.05, 3.63) is 29.1 Å². The number of nitrogens with zero attached hydrogens (tertiary/aromatic N) is 1. The lowest BCUT2D eigenvalue weighted by Gasteiger charge is -2.10. The van der Waals surface area contributed by atoms with Gasteiger partial charge in [-0.25, -0.2) is 12.8 Å². The fourth-order valence-corrected chi connectivity index (χ4v) is 2.52. The van der Waals surface area contributed by atoms with E-state index < -0.39 is 15.8 Å². The van der Waals surface area contributed by atoms with Crippen molar-refractivity contribution in [2.45, 2.75) is 20.3 Å². The standard InChI is InChI=1S/C11H13FN2O2S/c1-3-4-17(15,16)14-11-6-9(7-13)5-10(12)8(11)2/h5-6,14H,3-4H2,1-2H3. The molecule has 1 N–H and O–H groups in total. The van der Waals surface area contributed by atoms with Gasteiger partial charge >= 0.3 is 0 Å². The van der Waals surface area contributed by atoms with E-state index in [1.54, 1.807) is 13.0 Å². The van der Waals surface area contributed by atoms with Crippen LogP contribution in [-0.4, -0.2) is 14.2 Å². The maximum absolute atomic E-state index is 13.4. The van der Waals surface area contributed by atoms with Crippen molar-refractivity contribution in [3.63, 3.8) is 0 Å². The molecule has 17 heavy (non-hydrogen) atoms.